The summed E-state index contributed by atoms with van der Waals surface area (Å²) >= 11 is 5.74. The van der Waals surface area contributed by atoms with Gasteiger partial charge in [0.1, 0.15) is 19.0 Å². The minimum absolute atomic E-state index is 0.192. The van der Waals surface area contributed by atoms with Crippen LogP contribution in [0.2, 0.25) is 5.02 Å². The third-order valence-electron chi connectivity index (χ3n) is 6.67. The van der Waals surface area contributed by atoms with Gasteiger partial charge in [0, 0.05) is 19.1 Å². The van der Waals surface area contributed by atoms with Crippen LogP contribution in [0.15, 0.2) is 72.3 Å². The predicted octanol–water partition coefficient (Wildman–Crippen LogP) is 6.73. The number of hydrogen-bond donors (Lipinski definition) is 3. The summed E-state index contributed by atoms with van der Waals surface area (Å²) in [7, 11) is 0. The first-order valence-electron chi connectivity index (χ1n) is 13.5. The van der Waals surface area contributed by atoms with Gasteiger partial charge in [-0.3, -0.25) is 0 Å². The number of ether oxygens (including phenoxy) is 2. The maximum atomic E-state index is 13.4. The molecular weight excluding hydrogens is 576 g/mol. The van der Waals surface area contributed by atoms with Crippen molar-refractivity contribution in [2.75, 3.05) is 26.3 Å². The van der Waals surface area contributed by atoms with E-state index < -0.39 is 23.5 Å². The van der Waals surface area contributed by atoms with E-state index in [4.69, 9.17) is 21.1 Å². The number of halogens is 5. The smallest absolute Gasteiger partial charge is 0.417 e. The summed E-state index contributed by atoms with van der Waals surface area (Å²) in [6, 6.07) is 18.0. The van der Waals surface area contributed by atoms with E-state index in [-0.39, 0.29) is 24.0 Å². The van der Waals surface area contributed by atoms with Crippen LogP contribution in [-0.4, -0.2) is 43.4 Å². The Hall–Kier alpha value is -3.60. The number of aliphatic carboxylic acids is 1. The molecule has 0 bridgehead atoms. The van der Waals surface area contributed by atoms with Crippen molar-refractivity contribution in [2.45, 2.75) is 38.0 Å². The number of benzene rings is 3. The molecule has 3 aromatic rings. The van der Waals surface area contributed by atoms with Gasteiger partial charge in [-0.15, -0.1) is 0 Å². The Labute approximate surface area is 246 Å². The van der Waals surface area contributed by atoms with Crippen LogP contribution in [0, 0.1) is 5.82 Å². The number of rotatable bonds is 10. The zero-order chi connectivity index (χ0) is 30.1. The fourth-order valence-electron chi connectivity index (χ4n) is 4.31. The topological polar surface area (TPSA) is 79.8 Å². The molecule has 1 aliphatic carbocycles. The average molecular weight is 607 g/mol. The molecule has 0 aromatic heterocycles. The summed E-state index contributed by atoms with van der Waals surface area (Å²) in [5.41, 5.74) is 1.89. The Morgan fingerprint density at radius 3 is 2.38 bits per heavy atom. The molecule has 224 valence electrons. The molecule has 42 heavy (non-hydrogen) atoms. The maximum absolute atomic E-state index is 13.4. The van der Waals surface area contributed by atoms with E-state index in [1.54, 1.807) is 36.4 Å². The molecule has 0 radical (unpaired) electrons. The number of hydrogen-bond acceptors (Lipinski definition) is 5. The van der Waals surface area contributed by atoms with E-state index in [0.717, 1.165) is 36.6 Å². The largest absolute Gasteiger partial charge is 0.490 e. The minimum atomic E-state index is -4.38. The van der Waals surface area contributed by atoms with Crippen molar-refractivity contribution in [3.8, 4) is 11.5 Å². The van der Waals surface area contributed by atoms with Crippen LogP contribution in [-0.2, 0) is 17.5 Å². The second kappa shape index (κ2) is 14.5. The van der Waals surface area contributed by atoms with E-state index >= 15 is 0 Å². The van der Waals surface area contributed by atoms with Gasteiger partial charge in [-0.1, -0.05) is 48.0 Å². The van der Waals surface area contributed by atoms with Crippen molar-refractivity contribution < 1.29 is 36.9 Å². The van der Waals surface area contributed by atoms with Gasteiger partial charge in [0.15, 0.2) is 11.6 Å². The highest BCUT2D eigenvalue weighted by Crippen LogP contribution is 2.36. The van der Waals surface area contributed by atoms with E-state index in [2.05, 4.69) is 10.6 Å². The Morgan fingerprint density at radius 1 is 1.00 bits per heavy atom. The van der Waals surface area contributed by atoms with E-state index in [0.29, 0.717) is 42.4 Å². The number of carbonyl (C=O) groups is 1. The van der Waals surface area contributed by atoms with E-state index in [1.165, 1.54) is 12.1 Å². The molecule has 3 N–H and O–H groups in total. The molecule has 6 nitrogen and oxygen atoms in total. The molecule has 11 heteroatoms. The second-order valence-electron chi connectivity index (χ2n) is 9.77. The van der Waals surface area contributed by atoms with Crippen LogP contribution in [0.5, 0.6) is 11.5 Å². The number of alkyl halides is 3. The summed E-state index contributed by atoms with van der Waals surface area (Å²) in [6.45, 7) is 2.03. The molecule has 1 fully saturated rings. The molecule has 0 saturated heterocycles. The highest BCUT2D eigenvalue weighted by Gasteiger charge is 2.34. The number of carboxylic acids is 1. The van der Waals surface area contributed by atoms with Crippen molar-refractivity contribution in [1.29, 1.82) is 0 Å². The van der Waals surface area contributed by atoms with Crippen LogP contribution < -0.4 is 20.1 Å². The molecular formula is C31H31ClF4N2O4. The molecule has 1 aliphatic heterocycles. The van der Waals surface area contributed by atoms with Gasteiger partial charge in [-0.05, 0) is 72.8 Å². The summed E-state index contributed by atoms with van der Waals surface area (Å²) in [6.07, 6.45) is -1.52. The Kier molecular flexibility index (Phi) is 10.8. The first-order chi connectivity index (χ1) is 20.1. The van der Waals surface area contributed by atoms with Crippen molar-refractivity contribution in [1.82, 2.24) is 10.6 Å². The van der Waals surface area contributed by atoms with Crippen LogP contribution in [0.3, 0.4) is 0 Å². The molecule has 0 spiro atoms. The van der Waals surface area contributed by atoms with E-state index in [1.807, 2.05) is 12.1 Å². The van der Waals surface area contributed by atoms with Gasteiger partial charge in [0.05, 0.1) is 16.2 Å². The zero-order valence-corrected chi connectivity index (χ0v) is 23.4. The van der Waals surface area contributed by atoms with Gasteiger partial charge in [0.25, 0.3) is 0 Å². The first kappa shape index (κ1) is 31.3. The van der Waals surface area contributed by atoms with Gasteiger partial charge in [0.2, 0.25) is 0 Å². The van der Waals surface area contributed by atoms with E-state index in [9.17, 15) is 27.5 Å². The maximum Gasteiger partial charge on any atom is 0.417 e. The van der Waals surface area contributed by atoms with Gasteiger partial charge in [-0.25, -0.2) is 9.18 Å². The normalized spacial score (nSPS) is 15.1. The SMILES string of the molecule is FC(F)(F)c1cccc(CNC2CC2)c1Cl.O=C(O)C1=C(c2ccc(OCCOc3ccccc3F)cc2)CCNC1. The lowest BCUT2D eigenvalue weighted by atomic mass is 9.94. The highest BCUT2D eigenvalue weighted by molar-refractivity contribution is 6.32. The zero-order valence-electron chi connectivity index (χ0n) is 22.6. The second-order valence-corrected chi connectivity index (χ2v) is 10.2. The lowest BCUT2D eigenvalue weighted by molar-refractivity contribution is -0.137. The fraction of sp³-hybridized carbons (Fsp3) is 0.323. The van der Waals surface area contributed by atoms with Crippen molar-refractivity contribution >= 4 is 23.1 Å². The number of carboxylic acid groups (broad SMARTS) is 1. The summed E-state index contributed by atoms with van der Waals surface area (Å²) in [5, 5.41) is 15.3. The fourth-order valence-corrected chi connectivity index (χ4v) is 4.61. The third kappa shape index (κ3) is 8.95. The molecule has 1 heterocycles. The monoisotopic (exact) mass is 606 g/mol. The Balaban J connectivity index is 0.000000216. The van der Waals surface area contributed by atoms with Crippen LogP contribution in [0.1, 0.15) is 36.0 Å². The summed E-state index contributed by atoms with van der Waals surface area (Å²) in [5.74, 6) is -0.443. The standard InChI is InChI=1S/C20H20FNO4.C11H11ClF3N/c21-18-3-1-2-4-19(18)26-12-11-25-15-7-5-14(6-8-15)16-9-10-22-13-17(16)20(23)24;12-10-7(6-16-8-4-5-8)2-1-3-9(10)11(13,14)15/h1-8,22H,9-13H2,(H,23,24);1-3,8,16H,4-6H2. The Bertz CT molecular complexity index is 1390. The number of para-hydroxylation sites is 1. The van der Waals surface area contributed by atoms with Crippen molar-refractivity contribution in [2.24, 2.45) is 0 Å². The first-order valence-corrected chi connectivity index (χ1v) is 13.9. The Morgan fingerprint density at radius 2 is 1.71 bits per heavy atom. The van der Waals surface area contributed by atoms with Crippen LogP contribution >= 0.6 is 11.6 Å². The molecule has 1 saturated carbocycles. The average Bonchev–Trinajstić information content (AvgIpc) is 3.80. The third-order valence-corrected chi connectivity index (χ3v) is 7.11. The van der Waals surface area contributed by atoms with Gasteiger partial charge in [-0.2, -0.15) is 13.2 Å². The quantitative estimate of drug-likeness (QED) is 0.176. The predicted molar refractivity (Wildman–Crippen MR) is 152 cm³/mol. The van der Waals surface area contributed by atoms with Gasteiger partial charge >= 0.3 is 12.1 Å². The van der Waals surface area contributed by atoms with Crippen LogP contribution in [0.25, 0.3) is 5.57 Å². The lowest BCUT2D eigenvalue weighted by Gasteiger charge is -2.19. The minimum Gasteiger partial charge on any atom is -0.490 e. The molecule has 2 aliphatic rings. The highest BCUT2D eigenvalue weighted by atomic mass is 35.5. The lowest BCUT2D eigenvalue weighted by Crippen LogP contribution is -2.28. The molecule has 5 rings (SSSR count). The molecule has 0 unspecified atom stereocenters. The van der Waals surface area contributed by atoms with Gasteiger partial charge < -0.3 is 25.2 Å². The summed E-state index contributed by atoms with van der Waals surface area (Å²) in [4.78, 5) is 11.4. The van der Waals surface area contributed by atoms with Crippen molar-refractivity contribution in [3.63, 3.8) is 0 Å². The molecule has 3 aromatic carbocycles. The number of nitrogens with one attached hydrogen (secondary N) is 2. The van der Waals surface area contributed by atoms with Crippen molar-refractivity contribution in [3.05, 3.63) is 99.8 Å². The molecule has 0 amide bonds. The van der Waals surface area contributed by atoms with Crippen LogP contribution in [0.4, 0.5) is 17.6 Å². The molecule has 0 atom stereocenters. The summed E-state index contributed by atoms with van der Waals surface area (Å²) < 4.78 is 62.0.